The molecule has 140 valence electrons. The highest BCUT2D eigenvalue weighted by atomic mass is 35.5. The van der Waals surface area contributed by atoms with Crippen molar-refractivity contribution in [2.24, 2.45) is 0 Å². The van der Waals surface area contributed by atoms with Crippen molar-refractivity contribution >= 4 is 27.5 Å². The van der Waals surface area contributed by atoms with Crippen molar-refractivity contribution in [1.29, 1.82) is 0 Å². The standard InChI is InChI=1S/C17H25ClN2O4S/c1-12(2)20(13(3)4)17(21)14-5-6-15(18)16(11-14)25(22,23)19-7-9-24-10-8-19/h5-6,11-13H,7-10H2,1-4H3. The van der Waals surface area contributed by atoms with E-state index >= 15 is 0 Å². The molecule has 1 amide bonds. The molecule has 0 saturated carbocycles. The van der Waals surface area contributed by atoms with Crippen LogP contribution in [0.2, 0.25) is 5.02 Å². The highest BCUT2D eigenvalue weighted by Crippen LogP contribution is 2.27. The second-order valence-corrected chi connectivity index (χ2v) is 8.88. The van der Waals surface area contributed by atoms with Crippen LogP contribution in [0.3, 0.4) is 0 Å². The summed E-state index contributed by atoms with van der Waals surface area (Å²) in [6.07, 6.45) is 0. The lowest BCUT2D eigenvalue weighted by Gasteiger charge is -2.31. The Labute approximate surface area is 154 Å². The Morgan fingerprint density at radius 3 is 2.24 bits per heavy atom. The van der Waals surface area contributed by atoms with E-state index < -0.39 is 10.0 Å². The van der Waals surface area contributed by atoms with Gasteiger partial charge in [0.1, 0.15) is 4.90 Å². The monoisotopic (exact) mass is 388 g/mol. The van der Waals surface area contributed by atoms with E-state index in [0.717, 1.165) is 0 Å². The van der Waals surface area contributed by atoms with Crippen LogP contribution >= 0.6 is 11.6 Å². The average Bonchev–Trinajstić information content (AvgIpc) is 2.55. The van der Waals surface area contributed by atoms with Crippen molar-refractivity contribution in [1.82, 2.24) is 9.21 Å². The third kappa shape index (κ3) is 4.34. The summed E-state index contributed by atoms with van der Waals surface area (Å²) in [4.78, 5) is 14.5. The first-order valence-corrected chi connectivity index (χ1v) is 10.2. The van der Waals surface area contributed by atoms with Gasteiger partial charge in [-0.3, -0.25) is 4.79 Å². The van der Waals surface area contributed by atoms with Crippen molar-refractivity contribution < 1.29 is 17.9 Å². The van der Waals surface area contributed by atoms with E-state index in [-0.39, 0.29) is 41.0 Å². The minimum Gasteiger partial charge on any atom is -0.379 e. The number of nitrogens with zero attached hydrogens (tertiary/aromatic N) is 2. The number of hydrogen-bond acceptors (Lipinski definition) is 4. The second kappa shape index (κ2) is 8.03. The molecule has 1 aliphatic heterocycles. The molecule has 2 rings (SSSR count). The molecule has 1 saturated heterocycles. The van der Waals surface area contributed by atoms with Crippen LogP contribution in [-0.2, 0) is 14.8 Å². The number of rotatable bonds is 5. The Morgan fingerprint density at radius 2 is 1.72 bits per heavy atom. The number of benzene rings is 1. The molecule has 0 N–H and O–H groups in total. The molecular weight excluding hydrogens is 364 g/mol. The van der Waals surface area contributed by atoms with Gasteiger partial charge < -0.3 is 9.64 Å². The van der Waals surface area contributed by atoms with Crippen LogP contribution in [0.15, 0.2) is 23.1 Å². The molecule has 1 heterocycles. The van der Waals surface area contributed by atoms with Crippen molar-refractivity contribution in [3.63, 3.8) is 0 Å². The number of hydrogen-bond donors (Lipinski definition) is 0. The fourth-order valence-electron chi connectivity index (χ4n) is 2.97. The van der Waals surface area contributed by atoms with Gasteiger partial charge in [0.05, 0.1) is 18.2 Å². The van der Waals surface area contributed by atoms with Crippen LogP contribution < -0.4 is 0 Å². The number of carbonyl (C=O) groups is 1. The maximum atomic E-state index is 12.9. The Hall–Kier alpha value is -1.15. The zero-order valence-corrected chi connectivity index (χ0v) is 16.6. The number of amides is 1. The molecular formula is C17H25ClN2O4S. The van der Waals surface area contributed by atoms with Gasteiger partial charge in [-0.25, -0.2) is 8.42 Å². The molecule has 0 spiro atoms. The van der Waals surface area contributed by atoms with Crippen LogP contribution in [0, 0.1) is 0 Å². The minimum atomic E-state index is -3.76. The molecule has 25 heavy (non-hydrogen) atoms. The lowest BCUT2D eigenvalue weighted by atomic mass is 10.1. The highest BCUT2D eigenvalue weighted by molar-refractivity contribution is 7.89. The molecule has 0 aromatic heterocycles. The number of halogens is 1. The lowest BCUT2D eigenvalue weighted by molar-refractivity contribution is 0.0643. The van der Waals surface area contributed by atoms with Gasteiger partial charge in [-0.1, -0.05) is 11.6 Å². The molecule has 1 aromatic rings. The van der Waals surface area contributed by atoms with Gasteiger partial charge in [0.15, 0.2) is 0 Å². The Kier molecular flexibility index (Phi) is 6.48. The molecule has 0 aliphatic carbocycles. The summed E-state index contributed by atoms with van der Waals surface area (Å²) in [5, 5.41) is 0.115. The first kappa shape index (κ1) is 20.2. The van der Waals surface area contributed by atoms with Gasteiger partial charge in [0, 0.05) is 30.7 Å². The van der Waals surface area contributed by atoms with Gasteiger partial charge >= 0.3 is 0 Å². The normalized spacial score (nSPS) is 16.4. The van der Waals surface area contributed by atoms with E-state index in [1.54, 1.807) is 11.0 Å². The Balaban J connectivity index is 2.42. The van der Waals surface area contributed by atoms with E-state index in [4.69, 9.17) is 16.3 Å². The number of carbonyl (C=O) groups excluding carboxylic acids is 1. The first-order valence-electron chi connectivity index (χ1n) is 8.36. The fourth-order valence-corrected chi connectivity index (χ4v) is 4.88. The minimum absolute atomic E-state index is 0.00229. The topological polar surface area (TPSA) is 66.9 Å². The van der Waals surface area contributed by atoms with E-state index in [2.05, 4.69) is 0 Å². The van der Waals surface area contributed by atoms with Crippen molar-refractivity contribution in [3.05, 3.63) is 28.8 Å². The van der Waals surface area contributed by atoms with Crippen LogP contribution in [0.25, 0.3) is 0 Å². The summed E-state index contributed by atoms with van der Waals surface area (Å²) in [7, 11) is -3.76. The Bertz CT molecular complexity index is 720. The second-order valence-electron chi connectivity index (χ2n) is 6.56. The van der Waals surface area contributed by atoms with E-state index in [1.165, 1.54) is 16.4 Å². The van der Waals surface area contributed by atoms with Gasteiger partial charge in [0.2, 0.25) is 10.0 Å². The molecule has 0 unspecified atom stereocenters. The number of morpholine rings is 1. The number of ether oxygens (including phenoxy) is 1. The van der Waals surface area contributed by atoms with Crippen LogP contribution in [0.4, 0.5) is 0 Å². The molecule has 6 nitrogen and oxygen atoms in total. The van der Waals surface area contributed by atoms with E-state index in [9.17, 15) is 13.2 Å². The summed E-state index contributed by atoms with van der Waals surface area (Å²) < 4.78 is 32.3. The lowest BCUT2D eigenvalue weighted by Crippen LogP contribution is -2.42. The molecule has 8 heteroatoms. The smallest absolute Gasteiger partial charge is 0.254 e. The van der Waals surface area contributed by atoms with Crippen LogP contribution in [0.1, 0.15) is 38.1 Å². The summed E-state index contributed by atoms with van der Waals surface area (Å²) >= 11 is 6.15. The third-order valence-corrected chi connectivity index (χ3v) is 6.49. The zero-order chi connectivity index (χ0) is 18.8. The molecule has 0 atom stereocenters. The van der Waals surface area contributed by atoms with Gasteiger partial charge in [0.25, 0.3) is 5.91 Å². The molecule has 1 fully saturated rings. The SMILES string of the molecule is CC(C)N(C(=O)c1ccc(Cl)c(S(=O)(=O)N2CCOCC2)c1)C(C)C. The quantitative estimate of drug-likeness (QED) is 0.777. The summed E-state index contributed by atoms with van der Waals surface area (Å²) in [5.41, 5.74) is 0.318. The molecule has 0 radical (unpaired) electrons. The predicted octanol–water partition coefficient (Wildman–Crippen LogP) is 2.62. The van der Waals surface area contributed by atoms with Gasteiger partial charge in [-0.2, -0.15) is 4.31 Å². The fraction of sp³-hybridized carbons (Fsp3) is 0.588. The number of sulfonamides is 1. The van der Waals surface area contributed by atoms with Crippen LogP contribution in [0.5, 0.6) is 0 Å². The predicted molar refractivity (Wildman–Crippen MR) is 97.5 cm³/mol. The average molecular weight is 389 g/mol. The summed E-state index contributed by atoms with van der Waals surface area (Å²) in [5.74, 6) is -0.208. The third-order valence-electron chi connectivity index (χ3n) is 4.11. The first-order chi connectivity index (χ1) is 11.7. The van der Waals surface area contributed by atoms with Crippen molar-refractivity contribution in [2.45, 2.75) is 44.7 Å². The van der Waals surface area contributed by atoms with E-state index in [1.807, 2.05) is 27.7 Å². The van der Waals surface area contributed by atoms with Crippen LogP contribution in [-0.4, -0.2) is 61.9 Å². The molecule has 0 bridgehead atoms. The van der Waals surface area contributed by atoms with Gasteiger partial charge in [-0.15, -0.1) is 0 Å². The Morgan fingerprint density at radius 1 is 1.16 bits per heavy atom. The molecule has 1 aromatic carbocycles. The zero-order valence-electron chi connectivity index (χ0n) is 15.0. The molecule has 1 aliphatic rings. The highest BCUT2D eigenvalue weighted by Gasteiger charge is 2.30. The van der Waals surface area contributed by atoms with Gasteiger partial charge in [-0.05, 0) is 45.9 Å². The van der Waals surface area contributed by atoms with Crippen molar-refractivity contribution in [3.8, 4) is 0 Å². The summed E-state index contributed by atoms with van der Waals surface area (Å²) in [6, 6.07) is 4.43. The van der Waals surface area contributed by atoms with Crippen molar-refractivity contribution in [2.75, 3.05) is 26.3 Å². The maximum Gasteiger partial charge on any atom is 0.254 e. The largest absolute Gasteiger partial charge is 0.379 e. The van der Waals surface area contributed by atoms with E-state index in [0.29, 0.717) is 18.8 Å². The maximum absolute atomic E-state index is 12.9. The summed E-state index contributed by atoms with van der Waals surface area (Å²) in [6.45, 7) is 8.98.